The van der Waals surface area contributed by atoms with E-state index < -0.39 is 5.41 Å². The molecule has 0 radical (unpaired) electrons. The number of rotatable bonds is 7. The van der Waals surface area contributed by atoms with Crippen LogP contribution in [0.1, 0.15) is 22.3 Å². The molecule has 0 amide bonds. The van der Waals surface area contributed by atoms with Crippen molar-refractivity contribution in [2.75, 3.05) is 0 Å². The monoisotopic (exact) mass is 790 g/mol. The van der Waals surface area contributed by atoms with Crippen molar-refractivity contribution < 1.29 is 4.42 Å². The third kappa shape index (κ3) is 5.59. The molecule has 9 aromatic carbocycles. The van der Waals surface area contributed by atoms with Gasteiger partial charge in [0.1, 0.15) is 11.2 Å². The van der Waals surface area contributed by atoms with Crippen LogP contribution in [0.25, 0.3) is 89.2 Å². The minimum absolute atomic E-state index is 0.506. The Hall–Kier alpha value is -8.14. The molecule has 0 spiro atoms. The molecule has 12 rings (SSSR count). The summed E-state index contributed by atoms with van der Waals surface area (Å²) in [5, 5.41) is 2.20. The summed E-state index contributed by atoms with van der Waals surface area (Å²) in [6, 6.07) is 82.2. The van der Waals surface area contributed by atoms with E-state index in [1.807, 2.05) is 30.3 Å². The highest BCUT2D eigenvalue weighted by Crippen LogP contribution is 2.57. The van der Waals surface area contributed by atoms with E-state index >= 15 is 0 Å². The van der Waals surface area contributed by atoms with Gasteiger partial charge in [0, 0.05) is 33.0 Å². The highest BCUT2D eigenvalue weighted by Gasteiger charge is 2.46. The molecule has 0 bridgehead atoms. The third-order valence-electron chi connectivity index (χ3n) is 12.6. The number of hydrogen-bond acceptors (Lipinski definition) is 3. The van der Waals surface area contributed by atoms with Crippen LogP contribution in [0.15, 0.2) is 235 Å². The fourth-order valence-corrected chi connectivity index (χ4v) is 9.91. The van der Waals surface area contributed by atoms with Crippen molar-refractivity contribution in [2.45, 2.75) is 5.41 Å². The van der Waals surface area contributed by atoms with Crippen LogP contribution in [-0.2, 0) is 5.41 Å². The topological polar surface area (TPSA) is 38.9 Å². The predicted molar refractivity (Wildman–Crippen MR) is 254 cm³/mol. The summed E-state index contributed by atoms with van der Waals surface area (Å²) < 4.78 is 6.57. The van der Waals surface area contributed by atoms with Crippen LogP contribution in [0.5, 0.6) is 0 Å². The fraction of sp³-hybridized carbons (Fsp3) is 0.0169. The molecule has 0 saturated carbocycles. The maximum atomic E-state index is 6.57. The first kappa shape index (κ1) is 35.8. The minimum Gasteiger partial charge on any atom is -0.455 e. The average molecular weight is 791 g/mol. The van der Waals surface area contributed by atoms with Crippen molar-refractivity contribution in [3.05, 3.63) is 253 Å². The van der Waals surface area contributed by atoms with E-state index in [2.05, 4.69) is 200 Å². The Morgan fingerprint density at radius 2 is 0.839 bits per heavy atom. The molecular formula is C59H38N2O. The van der Waals surface area contributed by atoms with Gasteiger partial charge in [0.15, 0.2) is 5.82 Å². The highest BCUT2D eigenvalue weighted by atomic mass is 16.3. The van der Waals surface area contributed by atoms with Gasteiger partial charge in [-0.3, -0.25) is 0 Å². The normalized spacial score (nSPS) is 12.6. The summed E-state index contributed by atoms with van der Waals surface area (Å²) in [7, 11) is 0. The lowest BCUT2D eigenvalue weighted by molar-refractivity contribution is 0.670. The van der Waals surface area contributed by atoms with Gasteiger partial charge in [-0.2, -0.15) is 0 Å². The maximum Gasteiger partial charge on any atom is 0.160 e. The molecule has 3 heteroatoms. The van der Waals surface area contributed by atoms with E-state index in [9.17, 15) is 0 Å². The van der Waals surface area contributed by atoms with Crippen LogP contribution < -0.4 is 0 Å². The Morgan fingerprint density at radius 1 is 0.323 bits per heavy atom. The van der Waals surface area contributed by atoms with Gasteiger partial charge in [-0.15, -0.1) is 0 Å². The Bertz CT molecular complexity index is 3420. The van der Waals surface area contributed by atoms with Crippen LogP contribution in [0.3, 0.4) is 0 Å². The van der Waals surface area contributed by atoms with Gasteiger partial charge in [-0.05, 0) is 68.3 Å². The number of aromatic nitrogens is 2. The second-order valence-corrected chi connectivity index (χ2v) is 16.0. The van der Waals surface area contributed by atoms with Gasteiger partial charge >= 0.3 is 0 Å². The van der Waals surface area contributed by atoms with Crippen molar-refractivity contribution >= 4 is 21.9 Å². The summed E-state index contributed by atoms with van der Waals surface area (Å²) in [6.07, 6.45) is 0. The molecule has 62 heavy (non-hydrogen) atoms. The zero-order valence-corrected chi connectivity index (χ0v) is 33.7. The van der Waals surface area contributed by atoms with Crippen molar-refractivity contribution in [1.82, 2.24) is 9.97 Å². The molecule has 0 aliphatic heterocycles. The second kappa shape index (κ2) is 14.5. The Labute approximate surface area is 360 Å². The lowest BCUT2D eigenvalue weighted by Crippen LogP contribution is -2.28. The molecule has 1 aliphatic carbocycles. The molecule has 11 aromatic rings. The molecular weight excluding hydrogens is 753 g/mol. The quantitative estimate of drug-likeness (QED) is 0.161. The number of benzene rings is 9. The Kier molecular flexibility index (Phi) is 8.39. The molecule has 0 saturated heterocycles. The zero-order valence-electron chi connectivity index (χ0n) is 33.7. The van der Waals surface area contributed by atoms with E-state index in [-0.39, 0.29) is 0 Å². The van der Waals surface area contributed by atoms with Gasteiger partial charge in [0.05, 0.1) is 16.8 Å². The van der Waals surface area contributed by atoms with Gasteiger partial charge < -0.3 is 4.42 Å². The SMILES string of the molecule is c1ccc(-c2nc(-c3ccccc3-c3ccc4c(c3)C(c3ccccc3)(c3ccccc3)c3ccccc3-4)cc(-c3ccccc3-c3cccc4c3oc3ccccc34)n2)cc1. The minimum atomic E-state index is -0.506. The lowest BCUT2D eigenvalue weighted by atomic mass is 9.67. The largest absolute Gasteiger partial charge is 0.455 e. The molecule has 290 valence electrons. The molecule has 3 nitrogen and oxygen atoms in total. The van der Waals surface area contributed by atoms with E-state index in [1.54, 1.807) is 0 Å². The first-order chi connectivity index (χ1) is 30.8. The molecule has 2 aromatic heterocycles. The molecule has 2 heterocycles. The fourth-order valence-electron chi connectivity index (χ4n) is 9.91. The van der Waals surface area contributed by atoms with Crippen LogP contribution >= 0.6 is 0 Å². The third-order valence-corrected chi connectivity index (χ3v) is 12.6. The van der Waals surface area contributed by atoms with E-state index in [0.29, 0.717) is 5.82 Å². The molecule has 1 aliphatic rings. The predicted octanol–water partition coefficient (Wildman–Crippen LogP) is 15.1. The van der Waals surface area contributed by atoms with Gasteiger partial charge in [-0.1, -0.05) is 212 Å². The molecule has 0 fully saturated rings. The van der Waals surface area contributed by atoms with E-state index in [4.69, 9.17) is 14.4 Å². The lowest BCUT2D eigenvalue weighted by Gasteiger charge is -2.34. The molecule has 0 N–H and O–H groups in total. The van der Waals surface area contributed by atoms with Crippen molar-refractivity contribution in [1.29, 1.82) is 0 Å². The summed E-state index contributed by atoms with van der Waals surface area (Å²) in [6.45, 7) is 0. The summed E-state index contributed by atoms with van der Waals surface area (Å²) in [5.41, 5.74) is 17.8. The van der Waals surface area contributed by atoms with Crippen molar-refractivity contribution in [3.8, 4) is 67.3 Å². The second-order valence-electron chi connectivity index (χ2n) is 16.0. The van der Waals surface area contributed by atoms with Gasteiger partial charge in [-0.25, -0.2) is 9.97 Å². The Morgan fingerprint density at radius 3 is 1.55 bits per heavy atom. The zero-order chi connectivity index (χ0) is 41.0. The number of fused-ring (bicyclic) bond motifs is 6. The molecule has 0 atom stereocenters. The highest BCUT2D eigenvalue weighted by molar-refractivity contribution is 6.10. The summed E-state index contributed by atoms with van der Waals surface area (Å²) in [4.78, 5) is 10.7. The van der Waals surface area contributed by atoms with Crippen LogP contribution in [0.4, 0.5) is 0 Å². The van der Waals surface area contributed by atoms with Crippen LogP contribution in [0, 0.1) is 0 Å². The summed E-state index contributed by atoms with van der Waals surface area (Å²) >= 11 is 0. The van der Waals surface area contributed by atoms with Crippen LogP contribution in [0.2, 0.25) is 0 Å². The van der Waals surface area contributed by atoms with Crippen LogP contribution in [-0.4, -0.2) is 9.97 Å². The Balaban J connectivity index is 1.07. The van der Waals surface area contributed by atoms with Crippen molar-refractivity contribution in [3.63, 3.8) is 0 Å². The standard InChI is InChI=1S/C59H38N2O/c1-4-19-39(20-5-1)58-60-54(38-55(61-58)48-29-13-11-26-44(48)50-31-18-32-51-49-30-15-17-34-56(49)62-57(50)51)47-28-12-10-25-43(47)40-35-36-46-45-27-14-16-33-52(45)59(53(46)37-40,41-21-6-2-7-22-41)42-23-8-3-9-24-42/h1-38H. The average Bonchev–Trinajstić information content (AvgIpc) is 3.88. The first-order valence-electron chi connectivity index (χ1n) is 21.2. The summed E-state index contributed by atoms with van der Waals surface area (Å²) in [5.74, 6) is 0.668. The number of furan rings is 1. The van der Waals surface area contributed by atoms with E-state index in [1.165, 1.54) is 33.4 Å². The van der Waals surface area contributed by atoms with E-state index in [0.717, 1.165) is 72.3 Å². The number of para-hydroxylation sites is 2. The first-order valence-corrected chi connectivity index (χ1v) is 21.2. The van der Waals surface area contributed by atoms with Crippen molar-refractivity contribution in [2.24, 2.45) is 0 Å². The maximum absolute atomic E-state index is 6.57. The molecule has 0 unspecified atom stereocenters. The number of hydrogen-bond donors (Lipinski definition) is 0. The number of nitrogens with zero attached hydrogens (tertiary/aromatic N) is 2. The van der Waals surface area contributed by atoms with Gasteiger partial charge in [0.25, 0.3) is 0 Å². The van der Waals surface area contributed by atoms with Gasteiger partial charge in [0.2, 0.25) is 0 Å². The smallest absolute Gasteiger partial charge is 0.160 e.